The Morgan fingerprint density at radius 2 is 2.26 bits per heavy atom. The second kappa shape index (κ2) is 5.63. The summed E-state index contributed by atoms with van der Waals surface area (Å²) < 4.78 is 10.4. The van der Waals surface area contributed by atoms with Crippen LogP contribution in [0.3, 0.4) is 0 Å². The SMILES string of the molecule is CC1(c2ccco2)NC(=O)N(CCOCCCl)C1=O. The van der Waals surface area contributed by atoms with Crippen LogP contribution in [-0.2, 0) is 15.1 Å². The maximum Gasteiger partial charge on any atom is 0.325 e. The van der Waals surface area contributed by atoms with E-state index in [4.69, 9.17) is 20.8 Å². The number of rotatable bonds is 6. The highest BCUT2D eigenvalue weighted by Crippen LogP contribution is 2.28. The standard InChI is InChI=1S/C12H15ClN2O4/c1-12(9-3-2-6-19-9)10(16)15(11(17)14-12)5-8-18-7-4-13/h2-3,6H,4-5,7-8H2,1H3,(H,14,17). The molecule has 1 aromatic rings. The Morgan fingerprint density at radius 3 is 2.89 bits per heavy atom. The molecule has 1 fully saturated rings. The van der Waals surface area contributed by atoms with Gasteiger partial charge in [0.1, 0.15) is 5.76 Å². The fourth-order valence-electron chi connectivity index (χ4n) is 1.94. The van der Waals surface area contributed by atoms with Gasteiger partial charge in [0.2, 0.25) is 0 Å². The molecule has 2 rings (SSSR count). The monoisotopic (exact) mass is 286 g/mol. The van der Waals surface area contributed by atoms with Gasteiger partial charge in [-0.15, -0.1) is 11.6 Å². The van der Waals surface area contributed by atoms with Crippen LogP contribution in [-0.4, -0.2) is 42.5 Å². The van der Waals surface area contributed by atoms with Gasteiger partial charge in [-0.25, -0.2) is 4.79 Å². The second-order valence-corrected chi connectivity index (χ2v) is 4.67. The molecular weight excluding hydrogens is 272 g/mol. The third kappa shape index (κ3) is 2.59. The summed E-state index contributed by atoms with van der Waals surface area (Å²) in [5, 5.41) is 2.64. The van der Waals surface area contributed by atoms with Crippen molar-refractivity contribution in [1.82, 2.24) is 10.2 Å². The number of furan rings is 1. The van der Waals surface area contributed by atoms with Gasteiger partial charge in [-0.1, -0.05) is 0 Å². The van der Waals surface area contributed by atoms with Crippen LogP contribution in [0.25, 0.3) is 0 Å². The van der Waals surface area contributed by atoms with E-state index in [9.17, 15) is 9.59 Å². The molecular formula is C12H15ClN2O4. The lowest BCUT2D eigenvalue weighted by atomic mass is 9.99. The van der Waals surface area contributed by atoms with E-state index in [-0.39, 0.29) is 19.1 Å². The van der Waals surface area contributed by atoms with E-state index in [1.165, 1.54) is 6.26 Å². The van der Waals surface area contributed by atoms with Crippen LogP contribution in [0, 0.1) is 0 Å². The molecule has 3 amide bonds. The molecule has 1 aromatic heterocycles. The van der Waals surface area contributed by atoms with Crippen LogP contribution in [0.5, 0.6) is 0 Å². The Bertz CT molecular complexity index is 462. The Hall–Kier alpha value is -1.53. The van der Waals surface area contributed by atoms with Crippen molar-refractivity contribution < 1.29 is 18.7 Å². The molecule has 0 saturated carbocycles. The van der Waals surface area contributed by atoms with Crippen molar-refractivity contribution in [2.45, 2.75) is 12.5 Å². The van der Waals surface area contributed by atoms with Gasteiger partial charge >= 0.3 is 6.03 Å². The summed E-state index contributed by atoms with van der Waals surface area (Å²) in [5.74, 6) is 0.446. The summed E-state index contributed by atoms with van der Waals surface area (Å²) in [7, 11) is 0. The summed E-state index contributed by atoms with van der Waals surface area (Å²) in [6.07, 6.45) is 1.46. The van der Waals surface area contributed by atoms with Crippen LogP contribution >= 0.6 is 11.6 Å². The molecule has 1 atom stereocenters. The molecule has 1 saturated heterocycles. The number of carbonyl (C=O) groups excluding carboxylic acids is 2. The Morgan fingerprint density at radius 1 is 1.47 bits per heavy atom. The van der Waals surface area contributed by atoms with E-state index in [1.807, 2.05) is 0 Å². The van der Waals surface area contributed by atoms with E-state index in [0.29, 0.717) is 18.2 Å². The molecule has 1 unspecified atom stereocenters. The van der Waals surface area contributed by atoms with Crippen molar-refractivity contribution in [3.05, 3.63) is 24.2 Å². The van der Waals surface area contributed by atoms with Crippen molar-refractivity contribution in [1.29, 1.82) is 0 Å². The summed E-state index contributed by atoms with van der Waals surface area (Å²) in [4.78, 5) is 25.3. The van der Waals surface area contributed by atoms with Gasteiger partial charge in [0.15, 0.2) is 5.54 Å². The lowest BCUT2D eigenvalue weighted by molar-refractivity contribution is -0.132. The molecule has 0 aliphatic carbocycles. The lowest BCUT2D eigenvalue weighted by Crippen LogP contribution is -2.40. The molecule has 0 bridgehead atoms. The number of halogens is 1. The van der Waals surface area contributed by atoms with E-state index in [2.05, 4.69) is 5.32 Å². The maximum atomic E-state index is 12.3. The second-order valence-electron chi connectivity index (χ2n) is 4.29. The first-order valence-electron chi connectivity index (χ1n) is 5.91. The van der Waals surface area contributed by atoms with Gasteiger partial charge in [0.05, 0.1) is 26.0 Å². The van der Waals surface area contributed by atoms with Crippen LogP contribution in [0.15, 0.2) is 22.8 Å². The van der Waals surface area contributed by atoms with E-state index < -0.39 is 11.6 Å². The molecule has 1 aliphatic heterocycles. The van der Waals surface area contributed by atoms with Crippen molar-refractivity contribution in [3.8, 4) is 0 Å². The minimum atomic E-state index is -1.15. The molecule has 19 heavy (non-hydrogen) atoms. The quantitative estimate of drug-likeness (QED) is 0.486. The van der Waals surface area contributed by atoms with Gasteiger partial charge in [-0.3, -0.25) is 9.69 Å². The number of nitrogens with zero attached hydrogens (tertiary/aromatic N) is 1. The number of alkyl halides is 1. The highest BCUT2D eigenvalue weighted by atomic mass is 35.5. The first kappa shape index (κ1) is 13.9. The van der Waals surface area contributed by atoms with Gasteiger partial charge in [0, 0.05) is 5.88 Å². The van der Waals surface area contributed by atoms with E-state index in [1.54, 1.807) is 19.1 Å². The van der Waals surface area contributed by atoms with Gasteiger partial charge < -0.3 is 14.5 Å². The molecule has 0 aromatic carbocycles. The minimum Gasteiger partial charge on any atom is -0.466 e. The highest BCUT2D eigenvalue weighted by molar-refractivity contribution is 6.17. The number of imide groups is 1. The first-order chi connectivity index (χ1) is 9.09. The zero-order valence-electron chi connectivity index (χ0n) is 10.5. The Balaban J connectivity index is 2.04. The van der Waals surface area contributed by atoms with Crippen molar-refractivity contribution in [2.75, 3.05) is 25.6 Å². The van der Waals surface area contributed by atoms with Crippen LogP contribution in [0.4, 0.5) is 4.79 Å². The summed E-state index contributed by atoms with van der Waals surface area (Å²) in [6.45, 7) is 2.46. The molecule has 104 valence electrons. The number of ether oxygens (including phenoxy) is 1. The molecule has 2 heterocycles. The average Bonchev–Trinajstić information content (AvgIpc) is 2.97. The smallest absolute Gasteiger partial charge is 0.325 e. The Kier molecular flexibility index (Phi) is 4.11. The number of nitrogens with one attached hydrogen (secondary N) is 1. The molecule has 0 spiro atoms. The third-order valence-electron chi connectivity index (χ3n) is 2.97. The van der Waals surface area contributed by atoms with Crippen molar-refractivity contribution >= 4 is 23.5 Å². The van der Waals surface area contributed by atoms with Gasteiger partial charge in [0.25, 0.3) is 5.91 Å². The van der Waals surface area contributed by atoms with Crippen LogP contribution < -0.4 is 5.32 Å². The lowest BCUT2D eigenvalue weighted by Gasteiger charge is -2.18. The fraction of sp³-hybridized carbons (Fsp3) is 0.500. The number of carbonyl (C=O) groups is 2. The number of hydrogen-bond acceptors (Lipinski definition) is 4. The molecule has 7 heteroatoms. The maximum absolute atomic E-state index is 12.3. The highest BCUT2D eigenvalue weighted by Gasteiger charge is 2.50. The average molecular weight is 287 g/mol. The van der Waals surface area contributed by atoms with Crippen molar-refractivity contribution in [3.63, 3.8) is 0 Å². The molecule has 1 aliphatic rings. The summed E-state index contributed by atoms with van der Waals surface area (Å²) >= 11 is 5.47. The largest absolute Gasteiger partial charge is 0.466 e. The van der Waals surface area contributed by atoms with Gasteiger partial charge in [-0.2, -0.15) is 0 Å². The number of hydrogen-bond donors (Lipinski definition) is 1. The first-order valence-corrected chi connectivity index (χ1v) is 6.45. The zero-order chi connectivity index (χ0) is 13.9. The number of urea groups is 1. The predicted molar refractivity (Wildman–Crippen MR) is 67.8 cm³/mol. The Labute approximate surface area is 115 Å². The molecule has 6 nitrogen and oxygen atoms in total. The number of amides is 3. The van der Waals surface area contributed by atoms with Gasteiger partial charge in [-0.05, 0) is 19.1 Å². The third-order valence-corrected chi connectivity index (χ3v) is 3.12. The minimum absolute atomic E-state index is 0.192. The van der Waals surface area contributed by atoms with E-state index >= 15 is 0 Å². The van der Waals surface area contributed by atoms with E-state index in [0.717, 1.165) is 4.90 Å². The molecule has 0 radical (unpaired) electrons. The van der Waals surface area contributed by atoms with Crippen molar-refractivity contribution in [2.24, 2.45) is 0 Å². The fourth-order valence-corrected chi connectivity index (χ4v) is 2.05. The topological polar surface area (TPSA) is 71.8 Å². The zero-order valence-corrected chi connectivity index (χ0v) is 11.3. The van der Waals surface area contributed by atoms with Crippen LogP contribution in [0.1, 0.15) is 12.7 Å². The predicted octanol–water partition coefficient (Wildman–Crippen LogP) is 1.30. The normalized spacial score (nSPS) is 22.9. The summed E-state index contributed by atoms with van der Waals surface area (Å²) in [5.41, 5.74) is -1.15. The molecule has 1 N–H and O–H groups in total. The summed E-state index contributed by atoms with van der Waals surface area (Å²) in [6, 6.07) is 2.89. The van der Waals surface area contributed by atoms with Crippen LogP contribution in [0.2, 0.25) is 0 Å².